The molecule has 2 heterocycles. The fourth-order valence-electron chi connectivity index (χ4n) is 4.16. The van der Waals surface area contributed by atoms with Crippen molar-refractivity contribution in [2.45, 2.75) is 59.7 Å². The van der Waals surface area contributed by atoms with Gasteiger partial charge >= 0.3 is 5.69 Å². The topological polar surface area (TPSA) is 117 Å². The third kappa shape index (κ3) is 5.25. The fourth-order valence-corrected chi connectivity index (χ4v) is 4.16. The minimum Gasteiger partial charge on any atom is -0.497 e. The van der Waals surface area contributed by atoms with E-state index in [1.807, 2.05) is 27.7 Å². The number of amides is 1. The number of benzene rings is 2. The number of nitrogens with one attached hydrogen (secondary N) is 1. The highest BCUT2D eigenvalue weighted by Crippen LogP contribution is 2.16. The number of hydrogen-bond donors (Lipinski definition) is 1. The lowest BCUT2D eigenvalue weighted by molar-refractivity contribution is 0.0937. The molecule has 0 aliphatic rings. The number of ether oxygens (including phenoxy) is 1. The fraction of sp³-hybridized carbons (Fsp3) is 0.393. The number of methoxy groups -OCH3 is 1. The summed E-state index contributed by atoms with van der Waals surface area (Å²) in [5.74, 6) is 0.450. The second-order valence-corrected chi connectivity index (χ2v) is 9.88. The van der Waals surface area contributed by atoms with Crippen molar-refractivity contribution in [1.29, 1.82) is 0 Å². The smallest absolute Gasteiger partial charge is 0.352 e. The molecule has 1 atom stereocenters. The summed E-state index contributed by atoms with van der Waals surface area (Å²) in [6, 6.07) is 11.2. The van der Waals surface area contributed by atoms with Crippen molar-refractivity contribution >= 4 is 28.4 Å². The molecule has 2 aromatic carbocycles. The number of carbonyl (C=O) groups excluding carboxylic acids is 2. The maximum Gasteiger partial charge on any atom is 0.352 e. The Morgan fingerprint density at radius 3 is 2.34 bits per heavy atom. The minimum atomic E-state index is -0.565. The quantitative estimate of drug-likeness (QED) is 0.322. The predicted octanol–water partition coefficient (Wildman–Crippen LogP) is 3.28. The van der Waals surface area contributed by atoms with Gasteiger partial charge in [-0.2, -0.15) is 0 Å². The van der Waals surface area contributed by atoms with E-state index in [-0.39, 0.29) is 41.1 Å². The molecule has 0 aliphatic heterocycles. The largest absolute Gasteiger partial charge is 0.497 e. The van der Waals surface area contributed by atoms with Crippen LogP contribution in [0.15, 0.2) is 52.1 Å². The van der Waals surface area contributed by atoms with Crippen LogP contribution in [0, 0.1) is 5.92 Å². The third-order valence-corrected chi connectivity index (χ3v) is 6.67. The zero-order chi connectivity index (χ0) is 27.6. The van der Waals surface area contributed by atoms with Crippen LogP contribution in [0.1, 0.15) is 61.3 Å². The lowest BCUT2D eigenvalue weighted by atomic mass is 10.1. The van der Waals surface area contributed by atoms with E-state index < -0.39 is 5.69 Å². The summed E-state index contributed by atoms with van der Waals surface area (Å²) in [6.07, 6.45) is 1.46. The van der Waals surface area contributed by atoms with Crippen LogP contribution < -0.4 is 21.3 Å². The summed E-state index contributed by atoms with van der Waals surface area (Å²) in [7, 11) is 1.54. The van der Waals surface area contributed by atoms with Gasteiger partial charge in [-0.05, 0) is 68.1 Å². The van der Waals surface area contributed by atoms with Gasteiger partial charge in [-0.25, -0.2) is 13.9 Å². The van der Waals surface area contributed by atoms with Crippen LogP contribution in [-0.2, 0) is 13.1 Å². The van der Waals surface area contributed by atoms with Crippen molar-refractivity contribution in [2.75, 3.05) is 7.11 Å². The number of nitrogens with zero attached hydrogens (tertiary/aromatic N) is 4. The third-order valence-electron chi connectivity index (χ3n) is 6.67. The molecule has 1 N–H and O–H groups in total. The highest BCUT2D eigenvalue weighted by molar-refractivity contribution is 5.98. The molecule has 2 aromatic heterocycles. The van der Waals surface area contributed by atoms with Crippen LogP contribution >= 0.6 is 0 Å². The molecular formula is C28H33N5O5. The first-order valence-corrected chi connectivity index (χ1v) is 12.8. The molecule has 0 saturated carbocycles. The van der Waals surface area contributed by atoms with E-state index >= 15 is 0 Å². The highest BCUT2D eigenvalue weighted by Gasteiger charge is 2.21. The van der Waals surface area contributed by atoms with Gasteiger partial charge in [-0.3, -0.25) is 19.0 Å². The molecule has 0 aliphatic carbocycles. The summed E-state index contributed by atoms with van der Waals surface area (Å²) in [5, 5.41) is 7.62. The molecule has 0 radical (unpaired) electrons. The van der Waals surface area contributed by atoms with Gasteiger partial charge in [0.1, 0.15) is 12.3 Å². The minimum absolute atomic E-state index is 0.0308. The van der Waals surface area contributed by atoms with E-state index in [2.05, 4.69) is 10.4 Å². The van der Waals surface area contributed by atoms with E-state index in [0.717, 1.165) is 11.1 Å². The Kier molecular flexibility index (Phi) is 7.80. The number of rotatable bonds is 10. The number of Topliss-reactive ketones (excluding diaryl/α,β-unsaturated/α-hetero) is 1. The van der Waals surface area contributed by atoms with Crippen molar-refractivity contribution in [3.05, 3.63) is 74.4 Å². The first-order valence-electron chi connectivity index (χ1n) is 12.8. The van der Waals surface area contributed by atoms with Gasteiger partial charge in [0, 0.05) is 23.7 Å². The summed E-state index contributed by atoms with van der Waals surface area (Å²) >= 11 is 0. The highest BCUT2D eigenvalue weighted by atomic mass is 16.5. The van der Waals surface area contributed by atoms with E-state index in [9.17, 15) is 19.2 Å². The molecule has 10 heteroatoms. The maximum atomic E-state index is 13.6. The first kappa shape index (κ1) is 26.8. The van der Waals surface area contributed by atoms with Crippen LogP contribution in [0.25, 0.3) is 16.7 Å². The second kappa shape index (κ2) is 11.0. The van der Waals surface area contributed by atoms with E-state index in [1.54, 1.807) is 36.4 Å². The predicted molar refractivity (Wildman–Crippen MR) is 145 cm³/mol. The number of fused-ring (bicyclic) bond motifs is 3. The Bertz CT molecular complexity index is 1610. The van der Waals surface area contributed by atoms with Crippen molar-refractivity contribution in [3.8, 4) is 5.75 Å². The van der Waals surface area contributed by atoms with Gasteiger partial charge in [0.05, 0.1) is 18.0 Å². The van der Waals surface area contributed by atoms with Crippen LogP contribution in [0.5, 0.6) is 5.75 Å². The van der Waals surface area contributed by atoms with Crippen LogP contribution in [-0.4, -0.2) is 43.6 Å². The summed E-state index contributed by atoms with van der Waals surface area (Å²) < 4.78 is 9.00. The van der Waals surface area contributed by atoms with Crippen molar-refractivity contribution in [2.24, 2.45) is 5.92 Å². The molecule has 200 valence electrons. The van der Waals surface area contributed by atoms with Gasteiger partial charge in [0.25, 0.3) is 11.5 Å². The lowest BCUT2D eigenvalue weighted by Crippen LogP contribution is -2.32. The molecule has 4 aromatic rings. The first-order chi connectivity index (χ1) is 18.1. The van der Waals surface area contributed by atoms with Crippen LogP contribution in [0.2, 0.25) is 0 Å². The zero-order valence-electron chi connectivity index (χ0n) is 22.4. The van der Waals surface area contributed by atoms with Gasteiger partial charge in [-0.1, -0.05) is 20.8 Å². The SMILES string of the molecule is CCC(C)NC(=O)c1ccc2c(=O)n(CCC(C)C)c3nn(CC(=O)c4ccc(OC)cc4)c(=O)n3c2c1. The molecular weight excluding hydrogens is 486 g/mol. The molecule has 4 rings (SSSR count). The molecule has 0 saturated heterocycles. The summed E-state index contributed by atoms with van der Waals surface area (Å²) in [4.78, 5) is 52.9. The van der Waals surface area contributed by atoms with Crippen molar-refractivity contribution in [3.63, 3.8) is 0 Å². The second-order valence-electron chi connectivity index (χ2n) is 9.88. The maximum absolute atomic E-state index is 13.6. The Morgan fingerprint density at radius 2 is 1.71 bits per heavy atom. The molecule has 10 nitrogen and oxygen atoms in total. The molecule has 38 heavy (non-hydrogen) atoms. The Balaban J connectivity index is 1.87. The number of aromatic nitrogens is 4. The van der Waals surface area contributed by atoms with Gasteiger partial charge in [0.2, 0.25) is 5.78 Å². The summed E-state index contributed by atoms with van der Waals surface area (Å²) in [5.41, 5.74) is 0.134. The van der Waals surface area contributed by atoms with Gasteiger partial charge < -0.3 is 10.1 Å². The van der Waals surface area contributed by atoms with E-state index in [4.69, 9.17) is 4.74 Å². The standard InChI is InChI=1S/C28H33N5O5/c1-6-18(4)29-25(35)20-9-12-22-23(15-20)33-27(31(26(22)36)14-13-17(2)3)30-32(28(33)37)16-24(34)19-7-10-21(38-5)11-8-19/h7-12,15,17-18H,6,13-14,16H2,1-5H3,(H,29,35). The monoisotopic (exact) mass is 519 g/mol. The summed E-state index contributed by atoms with van der Waals surface area (Å²) in [6.45, 7) is 8.01. The Morgan fingerprint density at radius 1 is 1.03 bits per heavy atom. The average molecular weight is 520 g/mol. The van der Waals surface area contributed by atoms with E-state index in [0.29, 0.717) is 41.1 Å². The molecule has 0 fully saturated rings. The number of ketones is 1. The lowest BCUT2D eigenvalue weighted by Gasteiger charge is -2.13. The van der Waals surface area contributed by atoms with Crippen LogP contribution in [0.3, 0.4) is 0 Å². The molecule has 1 amide bonds. The number of carbonyl (C=O) groups is 2. The zero-order valence-corrected chi connectivity index (χ0v) is 22.4. The van der Waals surface area contributed by atoms with Crippen LogP contribution in [0.4, 0.5) is 0 Å². The van der Waals surface area contributed by atoms with Crippen molar-refractivity contribution in [1.82, 2.24) is 24.1 Å². The average Bonchev–Trinajstić information content (AvgIpc) is 3.23. The molecule has 0 spiro atoms. The van der Waals surface area contributed by atoms with E-state index in [1.165, 1.54) is 22.1 Å². The van der Waals surface area contributed by atoms with Crippen molar-refractivity contribution < 1.29 is 14.3 Å². The van der Waals surface area contributed by atoms with Gasteiger partial charge in [-0.15, -0.1) is 5.10 Å². The normalized spacial score (nSPS) is 12.3. The number of hydrogen-bond acceptors (Lipinski definition) is 6. The van der Waals surface area contributed by atoms with Gasteiger partial charge in [0.15, 0.2) is 5.78 Å². The molecule has 0 bridgehead atoms. The Labute approximate surface area is 219 Å². The Hall–Kier alpha value is -4.21. The molecule has 1 unspecified atom stereocenters. The number of aryl methyl sites for hydroxylation is 1.